The molecule has 0 aliphatic heterocycles. The topological polar surface area (TPSA) is 87.8 Å². The third kappa shape index (κ3) is 1.97. The Morgan fingerprint density at radius 2 is 2.00 bits per heavy atom. The molecule has 5 heteroatoms. The first-order valence-electron chi connectivity index (χ1n) is 4.64. The molecule has 4 N–H and O–H groups in total. The fraction of sp³-hybridized carbons (Fsp3) is 0.200. The number of H-pyrrole nitrogens is 1. The summed E-state index contributed by atoms with van der Waals surface area (Å²) >= 11 is 0. The number of benzene rings is 1. The van der Waals surface area contributed by atoms with E-state index in [1.165, 1.54) is 0 Å². The Labute approximate surface area is 87.0 Å². The van der Waals surface area contributed by atoms with Crippen molar-refractivity contribution in [2.45, 2.75) is 13.0 Å². The Morgan fingerprint density at radius 3 is 2.53 bits per heavy atom. The molecule has 0 fully saturated rings. The molecule has 15 heavy (non-hydrogen) atoms. The summed E-state index contributed by atoms with van der Waals surface area (Å²) in [5.41, 5.74) is 6.50. The molecule has 2 aromatic rings. The van der Waals surface area contributed by atoms with Crippen LogP contribution < -0.4 is 5.73 Å². The van der Waals surface area contributed by atoms with Crippen LogP contribution in [0.15, 0.2) is 24.3 Å². The zero-order chi connectivity index (χ0) is 10.8. The number of rotatable bonds is 2. The van der Waals surface area contributed by atoms with Crippen molar-refractivity contribution < 1.29 is 5.11 Å². The van der Waals surface area contributed by atoms with E-state index in [2.05, 4.69) is 15.2 Å². The molecule has 0 spiro atoms. The van der Waals surface area contributed by atoms with Crippen molar-refractivity contribution in [3.05, 3.63) is 30.1 Å². The maximum atomic E-state index is 9.13. The molecular weight excluding hydrogens is 192 g/mol. The minimum atomic E-state index is -0.164. The van der Waals surface area contributed by atoms with Crippen molar-refractivity contribution in [1.29, 1.82) is 0 Å². The van der Waals surface area contributed by atoms with Gasteiger partial charge in [-0.25, -0.2) is 4.98 Å². The van der Waals surface area contributed by atoms with Gasteiger partial charge in [-0.3, -0.25) is 5.10 Å². The smallest absolute Gasteiger partial charge is 0.181 e. The summed E-state index contributed by atoms with van der Waals surface area (Å²) in [4.78, 5) is 4.24. The van der Waals surface area contributed by atoms with Gasteiger partial charge in [-0.05, 0) is 31.2 Å². The molecule has 0 amide bonds. The minimum Gasteiger partial charge on any atom is -0.508 e. The van der Waals surface area contributed by atoms with Crippen molar-refractivity contribution in [1.82, 2.24) is 15.2 Å². The van der Waals surface area contributed by atoms with E-state index in [0.717, 1.165) is 5.56 Å². The molecule has 2 rings (SSSR count). The fourth-order valence-corrected chi connectivity index (χ4v) is 1.22. The molecule has 1 atom stereocenters. The molecule has 5 nitrogen and oxygen atoms in total. The predicted octanol–water partition coefficient (Wildman–Crippen LogP) is 1.20. The van der Waals surface area contributed by atoms with Crippen LogP contribution in [0.1, 0.15) is 18.8 Å². The molecule has 0 aliphatic carbocycles. The molecule has 1 aromatic heterocycles. The molecule has 0 aliphatic rings. The highest BCUT2D eigenvalue weighted by atomic mass is 16.3. The summed E-state index contributed by atoms with van der Waals surface area (Å²) < 4.78 is 0. The van der Waals surface area contributed by atoms with Gasteiger partial charge < -0.3 is 10.8 Å². The van der Waals surface area contributed by atoms with Crippen LogP contribution in [0, 0.1) is 0 Å². The van der Waals surface area contributed by atoms with Crippen molar-refractivity contribution in [3.63, 3.8) is 0 Å². The molecule has 1 aromatic carbocycles. The predicted molar refractivity (Wildman–Crippen MR) is 56.1 cm³/mol. The number of phenolic OH excluding ortho intramolecular Hbond substituents is 1. The maximum Gasteiger partial charge on any atom is 0.181 e. The Balaban J connectivity index is 2.33. The van der Waals surface area contributed by atoms with Crippen molar-refractivity contribution >= 4 is 0 Å². The highest BCUT2D eigenvalue weighted by Crippen LogP contribution is 2.18. The Hall–Kier alpha value is -1.88. The van der Waals surface area contributed by atoms with Gasteiger partial charge in [0.15, 0.2) is 5.82 Å². The van der Waals surface area contributed by atoms with E-state index < -0.39 is 0 Å². The molecule has 1 heterocycles. The second-order valence-electron chi connectivity index (χ2n) is 3.38. The average molecular weight is 204 g/mol. The van der Waals surface area contributed by atoms with Gasteiger partial charge in [-0.2, -0.15) is 5.10 Å². The largest absolute Gasteiger partial charge is 0.508 e. The summed E-state index contributed by atoms with van der Waals surface area (Å²) in [6.45, 7) is 1.83. The van der Waals surface area contributed by atoms with Crippen LogP contribution in [0.4, 0.5) is 0 Å². The number of aromatic amines is 1. The Kier molecular flexibility index (Phi) is 2.39. The van der Waals surface area contributed by atoms with E-state index in [-0.39, 0.29) is 11.8 Å². The zero-order valence-corrected chi connectivity index (χ0v) is 8.31. The highest BCUT2D eigenvalue weighted by Gasteiger charge is 2.08. The van der Waals surface area contributed by atoms with Gasteiger partial charge in [-0.1, -0.05) is 0 Å². The van der Waals surface area contributed by atoms with Gasteiger partial charge >= 0.3 is 0 Å². The van der Waals surface area contributed by atoms with Gasteiger partial charge in [0, 0.05) is 5.56 Å². The summed E-state index contributed by atoms with van der Waals surface area (Å²) in [6, 6.07) is 6.53. The van der Waals surface area contributed by atoms with Gasteiger partial charge in [0.05, 0.1) is 6.04 Å². The number of nitrogens with zero attached hydrogens (tertiary/aromatic N) is 2. The number of nitrogens with one attached hydrogen (secondary N) is 1. The summed E-state index contributed by atoms with van der Waals surface area (Å²) in [5, 5.41) is 15.9. The van der Waals surface area contributed by atoms with E-state index in [4.69, 9.17) is 10.8 Å². The van der Waals surface area contributed by atoms with Crippen LogP contribution in [0.5, 0.6) is 5.75 Å². The lowest BCUT2D eigenvalue weighted by molar-refractivity contribution is 0.475. The zero-order valence-electron chi connectivity index (χ0n) is 8.31. The summed E-state index contributed by atoms with van der Waals surface area (Å²) in [7, 11) is 0. The first-order chi connectivity index (χ1) is 7.16. The molecule has 0 saturated heterocycles. The van der Waals surface area contributed by atoms with E-state index in [1.807, 2.05) is 6.92 Å². The Bertz CT molecular complexity index is 447. The highest BCUT2D eigenvalue weighted by molar-refractivity contribution is 5.55. The molecule has 78 valence electrons. The molecule has 1 unspecified atom stereocenters. The molecule has 0 saturated carbocycles. The van der Waals surface area contributed by atoms with Crippen LogP contribution >= 0.6 is 0 Å². The van der Waals surface area contributed by atoms with Gasteiger partial charge in [0.1, 0.15) is 11.6 Å². The van der Waals surface area contributed by atoms with Crippen molar-refractivity contribution in [3.8, 4) is 17.1 Å². The lowest BCUT2D eigenvalue weighted by atomic mass is 10.2. The van der Waals surface area contributed by atoms with Crippen molar-refractivity contribution in [2.24, 2.45) is 5.73 Å². The first kappa shape index (κ1) is 9.67. The lowest BCUT2D eigenvalue weighted by Gasteiger charge is -1.96. The second kappa shape index (κ2) is 3.70. The van der Waals surface area contributed by atoms with E-state index in [9.17, 15) is 0 Å². The SMILES string of the molecule is CC(N)c1nc(-c2ccc(O)cc2)n[nH]1. The molecule has 0 bridgehead atoms. The molecule has 0 radical (unpaired) electrons. The maximum absolute atomic E-state index is 9.13. The minimum absolute atomic E-state index is 0.164. The third-order valence-electron chi connectivity index (χ3n) is 2.06. The van der Waals surface area contributed by atoms with Crippen LogP contribution in [-0.2, 0) is 0 Å². The summed E-state index contributed by atoms with van der Waals surface area (Å²) in [6.07, 6.45) is 0. The normalized spacial score (nSPS) is 12.7. The standard InChI is InChI=1S/C10H12N4O/c1-6(11)9-12-10(14-13-9)7-2-4-8(15)5-3-7/h2-6,15H,11H2,1H3,(H,12,13,14). The lowest BCUT2D eigenvalue weighted by Crippen LogP contribution is -2.06. The summed E-state index contributed by atoms with van der Waals surface area (Å²) in [5.74, 6) is 1.46. The number of hydrogen-bond donors (Lipinski definition) is 3. The van der Waals surface area contributed by atoms with E-state index in [0.29, 0.717) is 11.6 Å². The van der Waals surface area contributed by atoms with Crippen LogP contribution in [-0.4, -0.2) is 20.3 Å². The van der Waals surface area contributed by atoms with E-state index >= 15 is 0 Å². The van der Waals surface area contributed by atoms with Crippen LogP contribution in [0.25, 0.3) is 11.4 Å². The third-order valence-corrected chi connectivity index (χ3v) is 2.06. The average Bonchev–Trinajstić information content (AvgIpc) is 2.68. The monoisotopic (exact) mass is 204 g/mol. The van der Waals surface area contributed by atoms with Crippen LogP contribution in [0.2, 0.25) is 0 Å². The first-order valence-corrected chi connectivity index (χ1v) is 4.64. The quantitative estimate of drug-likeness (QED) is 0.685. The number of nitrogens with two attached hydrogens (primary N) is 1. The van der Waals surface area contributed by atoms with Gasteiger partial charge in [0.25, 0.3) is 0 Å². The Morgan fingerprint density at radius 1 is 1.33 bits per heavy atom. The number of hydrogen-bond acceptors (Lipinski definition) is 4. The van der Waals surface area contributed by atoms with Crippen LogP contribution in [0.3, 0.4) is 0 Å². The fourth-order valence-electron chi connectivity index (χ4n) is 1.22. The van der Waals surface area contributed by atoms with Gasteiger partial charge in [-0.15, -0.1) is 0 Å². The number of aromatic hydroxyl groups is 1. The second-order valence-corrected chi connectivity index (χ2v) is 3.38. The number of aromatic nitrogens is 3. The molecular formula is C10H12N4O. The van der Waals surface area contributed by atoms with Gasteiger partial charge in [0.2, 0.25) is 0 Å². The van der Waals surface area contributed by atoms with E-state index in [1.54, 1.807) is 24.3 Å². The number of phenols is 1. The van der Waals surface area contributed by atoms with Crippen molar-refractivity contribution in [2.75, 3.05) is 0 Å².